The normalized spacial score (nSPS) is 28.9. The van der Waals surface area contributed by atoms with Crippen LogP contribution < -0.4 is 9.05 Å². The molecule has 0 saturated carbocycles. The lowest BCUT2D eigenvalue weighted by Crippen LogP contribution is -2.18. The van der Waals surface area contributed by atoms with Crippen molar-refractivity contribution in [3.8, 4) is 11.5 Å². The van der Waals surface area contributed by atoms with Crippen LogP contribution in [0.3, 0.4) is 0 Å². The van der Waals surface area contributed by atoms with Crippen LogP contribution in [0.25, 0.3) is 0 Å². The number of rotatable bonds is 4. The third-order valence-electron chi connectivity index (χ3n) is 5.28. The molecule has 0 aromatic heterocycles. The smallest absolute Gasteiger partial charge is 0.395 e. The minimum atomic E-state index is -1.49. The molecule has 8 heteroatoms. The summed E-state index contributed by atoms with van der Waals surface area (Å²) >= 11 is 0. The van der Waals surface area contributed by atoms with Crippen LogP contribution in [0.1, 0.15) is 80.4 Å². The van der Waals surface area contributed by atoms with Crippen molar-refractivity contribution in [1.29, 1.82) is 0 Å². The van der Waals surface area contributed by atoms with E-state index in [4.69, 9.17) is 27.1 Å². The first-order valence-corrected chi connectivity index (χ1v) is 12.7. The summed E-state index contributed by atoms with van der Waals surface area (Å²) in [5, 5.41) is 0. The Kier molecular flexibility index (Phi) is 7.10. The standard InChI is InChI=1S/C22H35O6P2/c1-13-14(2)24-29(23-13)27-19-12-20(28-30-25-15(3)16(4)26-30)18(22(8,9)10)11-17(19)21(5,6)7/h11,13-16H,1-10H3/q-1/t13-,14-,15-,16-/m1/s1. The van der Waals surface area contributed by atoms with Crippen LogP contribution in [-0.4, -0.2) is 24.4 Å². The topological polar surface area (TPSA) is 55.4 Å². The van der Waals surface area contributed by atoms with Gasteiger partial charge in [0.25, 0.3) is 0 Å². The Morgan fingerprint density at radius 1 is 0.667 bits per heavy atom. The van der Waals surface area contributed by atoms with Crippen LogP contribution >= 0.6 is 17.2 Å². The van der Waals surface area contributed by atoms with Crippen LogP contribution in [-0.2, 0) is 28.9 Å². The lowest BCUT2D eigenvalue weighted by molar-refractivity contribution is 0.187. The van der Waals surface area contributed by atoms with Gasteiger partial charge in [0.15, 0.2) is 0 Å². The highest BCUT2D eigenvalue weighted by molar-refractivity contribution is 7.42. The van der Waals surface area contributed by atoms with E-state index in [9.17, 15) is 0 Å². The first-order chi connectivity index (χ1) is 13.8. The Bertz CT molecular complexity index is 678. The van der Waals surface area contributed by atoms with E-state index in [1.807, 2.05) is 27.7 Å². The molecule has 0 spiro atoms. The number of hydrogen-bond acceptors (Lipinski definition) is 6. The van der Waals surface area contributed by atoms with Gasteiger partial charge in [0.05, 0.1) is 24.4 Å². The van der Waals surface area contributed by atoms with Gasteiger partial charge in [-0.15, -0.1) is 11.1 Å². The molecule has 2 aliphatic heterocycles. The average Bonchev–Trinajstić information content (AvgIpc) is 3.06. The van der Waals surface area contributed by atoms with Crippen LogP contribution in [0, 0.1) is 6.07 Å². The fourth-order valence-corrected chi connectivity index (χ4v) is 5.57. The molecule has 2 fully saturated rings. The largest absolute Gasteiger partial charge is 0.453 e. The summed E-state index contributed by atoms with van der Waals surface area (Å²) in [5.41, 5.74) is 1.74. The molecule has 1 aromatic carbocycles. The van der Waals surface area contributed by atoms with Crippen molar-refractivity contribution in [2.24, 2.45) is 0 Å². The van der Waals surface area contributed by atoms with Gasteiger partial charge in [-0.1, -0.05) is 58.4 Å². The fraction of sp³-hybridized carbons (Fsp3) is 0.727. The maximum absolute atomic E-state index is 6.20. The zero-order valence-electron chi connectivity index (χ0n) is 19.7. The molecule has 6 nitrogen and oxygen atoms in total. The van der Waals surface area contributed by atoms with Gasteiger partial charge in [0, 0.05) is 11.5 Å². The third kappa shape index (κ3) is 5.46. The summed E-state index contributed by atoms with van der Waals surface area (Å²) in [6, 6.07) is 5.53. The molecule has 2 saturated heterocycles. The Labute approximate surface area is 183 Å². The highest BCUT2D eigenvalue weighted by atomic mass is 31.2. The Hall–Kier alpha value is -0.480. The second kappa shape index (κ2) is 8.81. The first kappa shape index (κ1) is 24.2. The molecule has 1 aromatic rings. The molecule has 0 bridgehead atoms. The van der Waals surface area contributed by atoms with E-state index >= 15 is 0 Å². The van der Waals surface area contributed by atoms with Gasteiger partial charge in [0.2, 0.25) is 0 Å². The summed E-state index contributed by atoms with van der Waals surface area (Å²) in [7, 11) is -2.97. The molecule has 0 amide bonds. The van der Waals surface area contributed by atoms with Crippen molar-refractivity contribution in [2.75, 3.05) is 0 Å². The number of hydrogen-bond donors (Lipinski definition) is 0. The predicted octanol–water partition coefficient (Wildman–Crippen LogP) is 6.94. The SMILES string of the molecule is C[C@H]1OP(Oc2[c-]c(OP3O[C@H](C)[C@@H](C)O3)c(C(C)(C)C)cc2C(C)(C)C)O[C@@H]1C. The van der Waals surface area contributed by atoms with Gasteiger partial charge >= 0.3 is 17.2 Å². The zero-order chi connectivity index (χ0) is 22.4. The highest BCUT2D eigenvalue weighted by Gasteiger charge is 2.36. The Morgan fingerprint density at radius 3 is 1.23 bits per heavy atom. The van der Waals surface area contributed by atoms with Crippen molar-refractivity contribution >= 4 is 17.2 Å². The average molecular weight is 457 g/mol. The quantitative estimate of drug-likeness (QED) is 0.361. The van der Waals surface area contributed by atoms with Crippen molar-refractivity contribution in [2.45, 2.75) is 104 Å². The summed E-state index contributed by atoms with van der Waals surface area (Å²) in [6.07, 6.45) is -0.0352. The predicted molar refractivity (Wildman–Crippen MR) is 120 cm³/mol. The zero-order valence-corrected chi connectivity index (χ0v) is 21.5. The Balaban J connectivity index is 1.99. The molecule has 0 N–H and O–H groups in total. The van der Waals surface area contributed by atoms with E-state index in [-0.39, 0.29) is 35.2 Å². The van der Waals surface area contributed by atoms with Gasteiger partial charge in [-0.25, -0.2) is 0 Å². The minimum absolute atomic E-state index is 0.00881. The molecule has 0 aliphatic carbocycles. The maximum atomic E-state index is 6.20. The van der Waals surface area contributed by atoms with Gasteiger partial charge in [-0.3, -0.25) is 18.1 Å². The lowest BCUT2D eigenvalue weighted by Gasteiger charge is -2.36. The van der Waals surface area contributed by atoms with Crippen LogP contribution in [0.15, 0.2) is 6.07 Å². The van der Waals surface area contributed by atoms with Crippen molar-refractivity contribution in [1.82, 2.24) is 0 Å². The van der Waals surface area contributed by atoms with E-state index < -0.39 is 17.2 Å². The van der Waals surface area contributed by atoms with E-state index in [1.165, 1.54) is 0 Å². The monoisotopic (exact) mass is 457 g/mol. The molecule has 4 atom stereocenters. The third-order valence-corrected chi connectivity index (χ3v) is 7.97. The van der Waals surface area contributed by atoms with Gasteiger partial charge in [0.1, 0.15) is 0 Å². The second-order valence-electron chi connectivity index (χ2n) is 10.1. The highest BCUT2D eigenvalue weighted by Crippen LogP contribution is 2.55. The van der Waals surface area contributed by atoms with Crippen LogP contribution in [0.2, 0.25) is 0 Å². The maximum Gasteiger partial charge on any atom is 0.395 e. The summed E-state index contributed by atoms with van der Waals surface area (Å²) in [5.74, 6) is 1.18. The van der Waals surface area contributed by atoms with Gasteiger partial charge in [-0.05, 0) is 27.7 Å². The van der Waals surface area contributed by atoms with Gasteiger partial charge in [-0.2, -0.15) is 6.07 Å². The summed E-state index contributed by atoms with van der Waals surface area (Å²) < 4.78 is 35.8. The van der Waals surface area contributed by atoms with Crippen LogP contribution in [0.4, 0.5) is 0 Å². The van der Waals surface area contributed by atoms with E-state index in [0.717, 1.165) is 11.1 Å². The molecule has 170 valence electrons. The molecular weight excluding hydrogens is 422 g/mol. The molecule has 30 heavy (non-hydrogen) atoms. The van der Waals surface area contributed by atoms with Crippen molar-refractivity contribution in [3.05, 3.63) is 23.3 Å². The van der Waals surface area contributed by atoms with E-state index in [0.29, 0.717) is 11.5 Å². The molecule has 0 radical (unpaired) electrons. The summed E-state index contributed by atoms with van der Waals surface area (Å²) in [4.78, 5) is 0. The van der Waals surface area contributed by atoms with Gasteiger partial charge < -0.3 is 9.05 Å². The van der Waals surface area contributed by atoms with Crippen LogP contribution in [0.5, 0.6) is 11.5 Å². The molecule has 0 unspecified atom stereocenters. The van der Waals surface area contributed by atoms with E-state index in [1.54, 1.807) is 0 Å². The summed E-state index contributed by atoms with van der Waals surface area (Å²) in [6.45, 7) is 20.9. The second-order valence-corrected chi connectivity index (χ2v) is 12.2. The van der Waals surface area contributed by atoms with Crippen molar-refractivity contribution < 1.29 is 27.1 Å². The van der Waals surface area contributed by atoms with E-state index in [2.05, 4.69) is 53.7 Å². The first-order valence-electron chi connectivity index (χ1n) is 10.5. The minimum Gasteiger partial charge on any atom is -0.453 e. The molecular formula is C22H35O6P2-. The van der Waals surface area contributed by atoms with Crippen molar-refractivity contribution in [3.63, 3.8) is 0 Å². The number of benzene rings is 1. The molecule has 2 heterocycles. The lowest BCUT2D eigenvalue weighted by atomic mass is 9.80. The molecule has 2 aliphatic rings. The fourth-order valence-electron chi connectivity index (χ4n) is 2.94. The molecule has 3 rings (SSSR count). The Morgan fingerprint density at radius 2 is 0.967 bits per heavy atom.